The van der Waals surface area contributed by atoms with Crippen LogP contribution in [0.3, 0.4) is 0 Å². The maximum atomic E-state index is 13.0. The third-order valence-electron chi connectivity index (χ3n) is 6.27. The van der Waals surface area contributed by atoms with Crippen molar-refractivity contribution in [2.24, 2.45) is 0 Å². The van der Waals surface area contributed by atoms with Crippen LogP contribution >= 0.6 is 0 Å². The Morgan fingerprint density at radius 1 is 1.03 bits per heavy atom. The van der Waals surface area contributed by atoms with Crippen molar-refractivity contribution in [2.45, 2.75) is 39.5 Å². The third kappa shape index (κ3) is 5.33. The molecular formula is C27H32FN3O. The van der Waals surface area contributed by atoms with Gasteiger partial charge in [-0.05, 0) is 74.3 Å². The maximum absolute atomic E-state index is 13.0. The highest BCUT2D eigenvalue weighted by atomic mass is 19.1. The van der Waals surface area contributed by atoms with E-state index in [2.05, 4.69) is 41.0 Å². The number of fused-ring (bicyclic) bond motifs is 1. The molecule has 5 heteroatoms. The van der Waals surface area contributed by atoms with E-state index >= 15 is 0 Å². The fourth-order valence-corrected chi connectivity index (χ4v) is 4.50. The van der Waals surface area contributed by atoms with Crippen LogP contribution in [0, 0.1) is 12.7 Å². The number of anilines is 1. The molecule has 0 unspecified atom stereocenters. The lowest BCUT2D eigenvalue weighted by Crippen LogP contribution is -2.46. The molecule has 0 radical (unpaired) electrons. The zero-order chi connectivity index (χ0) is 22.5. The van der Waals surface area contributed by atoms with Gasteiger partial charge >= 0.3 is 0 Å². The minimum absolute atomic E-state index is 0.0873. The summed E-state index contributed by atoms with van der Waals surface area (Å²) in [5, 5.41) is 1.22. The van der Waals surface area contributed by atoms with Crippen molar-refractivity contribution in [3.63, 3.8) is 0 Å². The molecule has 1 aromatic heterocycles. The van der Waals surface area contributed by atoms with Crippen LogP contribution in [-0.2, 0) is 6.42 Å². The van der Waals surface area contributed by atoms with Gasteiger partial charge in [-0.3, -0.25) is 14.7 Å². The van der Waals surface area contributed by atoms with E-state index in [1.165, 1.54) is 28.8 Å². The first-order valence-corrected chi connectivity index (χ1v) is 11.7. The Balaban J connectivity index is 1.35. The minimum Gasteiger partial charge on any atom is -0.367 e. The first-order chi connectivity index (χ1) is 15.5. The van der Waals surface area contributed by atoms with Crippen LogP contribution in [0.4, 0.5) is 10.1 Å². The SMILES string of the molecule is CCCc1cc(N2CCN(CCCC(=O)c3ccc(F)cc3)CC2)c2nc(C)ccc2c1. The van der Waals surface area contributed by atoms with Crippen LogP contribution in [0.5, 0.6) is 0 Å². The molecule has 168 valence electrons. The number of piperazine rings is 1. The highest BCUT2D eigenvalue weighted by Crippen LogP contribution is 2.29. The van der Waals surface area contributed by atoms with Gasteiger partial charge < -0.3 is 4.90 Å². The molecule has 0 spiro atoms. The van der Waals surface area contributed by atoms with E-state index < -0.39 is 0 Å². The van der Waals surface area contributed by atoms with Gasteiger partial charge in [-0.15, -0.1) is 0 Å². The first-order valence-electron chi connectivity index (χ1n) is 11.7. The van der Waals surface area contributed by atoms with Crippen molar-refractivity contribution in [2.75, 3.05) is 37.6 Å². The Labute approximate surface area is 190 Å². The molecule has 1 aliphatic rings. The smallest absolute Gasteiger partial charge is 0.162 e. The minimum atomic E-state index is -0.308. The fourth-order valence-electron chi connectivity index (χ4n) is 4.50. The highest BCUT2D eigenvalue weighted by Gasteiger charge is 2.20. The highest BCUT2D eigenvalue weighted by molar-refractivity contribution is 5.96. The van der Waals surface area contributed by atoms with Gasteiger partial charge in [0.2, 0.25) is 0 Å². The molecule has 0 atom stereocenters. The second kappa shape index (κ2) is 10.2. The second-order valence-electron chi connectivity index (χ2n) is 8.75. The van der Waals surface area contributed by atoms with Crippen molar-refractivity contribution in [3.8, 4) is 0 Å². The van der Waals surface area contributed by atoms with Crippen molar-refractivity contribution < 1.29 is 9.18 Å². The van der Waals surface area contributed by atoms with Gasteiger partial charge in [-0.1, -0.05) is 19.4 Å². The molecule has 2 heterocycles. The number of aryl methyl sites for hydroxylation is 2. The number of carbonyl (C=O) groups is 1. The Kier molecular flexibility index (Phi) is 7.15. The lowest BCUT2D eigenvalue weighted by molar-refractivity contribution is 0.0974. The monoisotopic (exact) mass is 433 g/mol. The topological polar surface area (TPSA) is 36.4 Å². The predicted octanol–water partition coefficient (Wildman–Crippen LogP) is 5.42. The summed E-state index contributed by atoms with van der Waals surface area (Å²) in [5.74, 6) is -0.220. The van der Waals surface area contributed by atoms with E-state index in [-0.39, 0.29) is 11.6 Å². The van der Waals surface area contributed by atoms with Crippen LogP contribution in [0.2, 0.25) is 0 Å². The number of nitrogens with zero attached hydrogens (tertiary/aromatic N) is 3. The number of aromatic nitrogens is 1. The standard InChI is InChI=1S/C27H32FN3O/c1-3-5-21-18-23-8-7-20(2)29-27(23)25(19-21)31-16-14-30(15-17-31)13-4-6-26(32)22-9-11-24(28)12-10-22/h7-12,18-19H,3-6,13-17H2,1-2H3. The van der Waals surface area contributed by atoms with Gasteiger partial charge in [0.15, 0.2) is 5.78 Å². The molecule has 0 amide bonds. The summed E-state index contributed by atoms with van der Waals surface area (Å²) < 4.78 is 13.0. The molecule has 3 aromatic rings. The van der Waals surface area contributed by atoms with E-state index in [4.69, 9.17) is 4.98 Å². The molecule has 1 aliphatic heterocycles. The van der Waals surface area contributed by atoms with Gasteiger partial charge in [0, 0.05) is 49.2 Å². The molecule has 32 heavy (non-hydrogen) atoms. The Bertz CT molecular complexity index is 1070. The number of hydrogen-bond donors (Lipinski definition) is 0. The summed E-state index contributed by atoms with van der Waals surface area (Å²) in [6, 6.07) is 14.7. The lowest BCUT2D eigenvalue weighted by Gasteiger charge is -2.36. The molecule has 0 N–H and O–H groups in total. The van der Waals surface area contributed by atoms with Gasteiger partial charge in [0.1, 0.15) is 5.82 Å². The summed E-state index contributed by atoms with van der Waals surface area (Å²) in [5.41, 5.74) is 5.37. The number of hydrogen-bond acceptors (Lipinski definition) is 4. The molecule has 2 aromatic carbocycles. The number of Topliss-reactive ketones (excluding diaryl/α,β-unsaturated/α-hetero) is 1. The van der Waals surface area contributed by atoms with Crippen molar-refractivity contribution >= 4 is 22.4 Å². The van der Waals surface area contributed by atoms with Gasteiger partial charge in [0.05, 0.1) is 11.2 Å². The molecule has 4 nitrogen and oxygen atoms in total. The zero-order valence-corrected chi connectivity index (χ0v) is 19.1. The number of rotatable bonds is 8. The third-order valence-corrected chi connectivity index (χ3v) is 6.27. The number of benzene rings is 2. The van der Waals surface area contributed by atoms with Gasteiger partial charge in [0.25, 0.3) is 0 Å². The summed E-state index contributed by atoms with van der Waals surface area (Å²) in [7, 11) is 0. The summed E-state index contributed by atoms with van der Waals surface area (Å²) >= 11 is 0. The van der Waals surface area contributed by atoms with E-state index in [1.807, 2.05) is 6.92 Å². The van der Waals surface area contributed by atoms with E-state index in [0.717, 1.165) is 63.2 Å². The van der Waals surface area contributed by atoms with Crippen LogP contribution in [0.25, 0.3) is 10.9 Å². The zero-order valence-electron chi connectivity index (χ0n) is 19.1. The Morgan fingerprint density at radius 2 is 1.78 bits per heavy atom. The van der Waals surface area contributed by atoms with E-state index in [9.17, 15) is 9.18 Å². The van der Waals surface area contributed by atoms with Gasteiger partial charge in [-0.2, -0.15) is 0 Å². The molecule has 1 fully saturated rings. The molecular weight excluding hydrogens is 401 g/mol. The average molecular weight is 434 g/mol. The van der Waals surface area contributed by atoms with Crippen LogP contribution < -0.4 is 4.90 Å². The van der Waals surface area contributed by atoms with Crippen LogP contribution in [0.1, 0.15) is 47.8 Å². The Hall–Kier alpha value is -2.79. The number of ketones is 1. The van der Waals surface area contributed by atoms with Gasteiger partial charge in [-0.25, -0.2) is 4.39 Å². The Morgan fingerprint density at radius 3 is 2.50 bits per heavy atom. The van der Waals surface area contributed by atoms with E-state index in [1.54, 1.807) is 12.1 Å². The maximum Gasteiger partial charge on any atom is 0.162 e. The largest absolute Gasteiger partial charge is 0.367 e. The van der Waals surface area contributed by atoms with Crippen LogP contribution in [-0.4, -0.2) is 48.4 Å². The van der Waals surface area contributed by atoms with Crippen molar-refractivity contribution in [3.05, 3.63) is 71.2 Å². The van der Waals surface area contributed by atoms with Crippen molar-refractivity contribution in [1.82, 2.24) is 9.88 Å². The lowest BCUT2D eigenvalue weighted by atomic mass is 10.0. The summed E-state index contributed by atoms with van der Waals surface area (Å²) in [6.45, 7) is 9.07. The van der Waals surface area contributed by atoms with Crippen molar-refractivity contribution in [1.29, 1.82) is 0 Å². The number of carbonyl (C=O) groups excluding carboxylic acids is 1. The molecule has 4 rings (SSSR count). The average Bonchev–Trinajstić information content (AvgIpc) is 2.80. The van der Waals surface area contributed by atoms with Crippen LogP contribution in [0.15, 0.2) is 48.5 Å². The fraction of sp³-hybridized carbons (Fsp3) is 0.407. The molecule has 0 saturated carbocycles. The molecule has 1 saturated heterocycles. The number of pyridine rings is 1. The second-order valence-corrected chi connectivity index (χ2v) is 8.75. The number of halogens is 1. The summed E-state index contributed by atoms with van der Waals surface area (Å²) in [6.07, 6.45) is 3.54. The van der Waals surface area contributed by atoms with E-state index in [0.29, 0.717) is 12.0 Å². The first kappa shape index (κ1) is 22.4. The summed E-state index contributed by atoms with van der Waals surface area (Å²) in [4.78, 5) is 22.1. The quantitative estimate of drug-likeness (QED) is 0.445. The predicted molar refractivity (Wildman–Crippen MR) is 129 cm³/mol. The molecule has 0 bridgehead atoms. The molecule has 0 aliphatic carbocycles. The normalized spacial score (nSPS) is 14.8.